The minimum absolute atomic E-state index is 0.0361. The Morgan fingerprint density at radius 1 is 0.673 bits per heavy atom. The van der Waals surface area contributed by atoms with Crippen molar-refractivity contribution in [2.75, 3.05) is 59.5 Å². The van der Waals surface area contributed by atoms with Crippen LogP contribution in [0.5, 0.6) is 0 Å². The van der Waals surface area contributed by atoms with E-state index >= 15 is 0 Å². The van der Waals surface area contributed by atoms with Crippen LogP contribution in [-0.4, -0.2) is 180 Å². The quantitative estimate of drug-likeness (QED) is 0.0394. The van der Waals surface area contributed by atoms with E-state index in [1.54, 1.807) is 7.05 Å². The SMILES string of the molecule is C=C[C@@H]1O[C@@H](OCCNC(=O)CN(CC(=O)NCCCCCC(=O)NC)CC(=O)NCCO[C@@H]2O[C@@H](C)[C@@H](O)[C@@H](O)[C@@H]2O)[C@@H](O)[C@H](O)[C@@H]1O. The minimum Gasteiger partial charge on any atom is -0.388 e. The summed E-state index contributed by atoms with van der Waals surface area (Å²) in [5.74, 6) is -1.60. The Balaban J connectivity index is 1.83. The summed E-state index contributed by atoms with van der Waals surface area (Å²) in [7, 11) is 1.56. The Hall–Kier alpha value is -2.82. The molecule has 0 bridgehead atoms. The fourth-order valence-corrected chi connectivity index (χ4v) is 4.97. The Morgan fingerprint density at radius 3 is 1.67 bits per heavy atom. The number of nitrogens with one attached hydrogen (secondary N) is 4. The van der Waals surface area contributed by atoms with Crippen molar-refractivity contribution in [2.45, 2.75) is 94.0 Å². The van der Waals surface area contributed by atoms with Crippen molar-refractivity contribution in [1.29, 1.82) is 0 Å². The van der Waals surface area contributed by atoms with Gasteiger partial charge in [-0.05, 0) is 19.8 Å². The summed E-state index contributed by atoms with van der Waals surface area (Å²) in [6.45, 7) is 4.00. The molecule has 19 heteroatoms. The van der Waals surface area contributed by atoms with Crippen LogP contribution in [0.3, 0.4) is 0 Å². The summed E-state index contributed by atoms with van der Waals surface area (Å²) in [5.41, 5.74) is 0. The van der Waals surface area contributed by atoms with Crippen LogP contribution in [0.4, 0.5) is 0 Å². The molecule has 0 saturated carbocycles. The largest absolute Gasteiger partial charge is 0.388 e. The molecule has 4 amide bonds. The van der Waals surface area contributed by atoms with Crippen molar-refractivity contribution in [1.82, 2.24) is 26.2 Å². The molecule has 0 aromatic carbocycles. The highest BCUT2D eigenvalue weighted by atomic mass is 16.7. The predicted molar refractivity (Wildman–Crippen MR) is 169 cm³/mol. The van der Waals surface area contributed by atoms with E-state index in [-0.39, 0.29) is 51.8 Å². The zero-order valence-electron chi connectivity index (χ0n) is 27.9. The Bertz CT molecular complexity index is 1060. The highest BCUT2D eigenvalue weighted by molar-refractivity contribution is 5.84. The molecule has 10 N–H and O–H groups in total. The first kappa shape index (κ1) is 42.3. The van der Waals surface area contributed by atoms with Gasteiger partial charge in [0.2, 0.25) is 23.6 Å². The van der Waals surface area contributed by atoms with Gasteiger partial charge in [0.25, 0.3) is 0 Å². The molecule has 282 valence electrons. The van der Waals surface area contributed by atoms with Gasteiger partial charge in [0, 0.05) is 33.1 Å². The van der Waals surface area contributed by atoms with E-state index in [1.807, 2.05) is 0 Å². The molecule has 0 aliphatic carbocycles. The second-order valence-electron chi connectivity index (χ2n) is 11.8. The van der Waals surface area contributed by atoms with E-state index in [9.17, 15) is 49.8 Å². The molecule has 10 atom stereocenters. The minimum atomic E-state index is -1.54. The van der Waals surface area contributed by atoms with E-state index in [4.69, 9.17) is 18.9 Å². The molecule has 0 aromatic rings. The number of hydrogen-bond acceptors (Lipinski definition) is 15. The van der Waals surface area contributed by atoms with Gasteiger partial charge >= 0.3 is 0 Å². The number of aliphatic hydroxyl groups is 6. The van der Waals surface area contributed by atoms with Gasteiger partial charge in [0.15, 0.2) is 12.6 Å². The third-order valence-electron chi connectivity index (χ3n) is 7.84. The van der Waals surface area contributed by atoms with Crippen molar-refractivity contribution in [2.24, 2.45) is 0 Å². The smallest absolute Gasteiger partial charge is 0.234 e. The van der Waals surface area contributed by atoms with Crippen LogP contribution in [0.25, 0.3) is 0 Å². The first-order valence-electron chi connectivity index (χ1n) is 16.3. The number of hydrogen-bond donors (Lipinski definition) is 10. The summed E-state index contributed by atoms with van der Waals surface area (Å²) in [4.78, 5) is 50.7. The number of aliphatic hydroxyl groups excluding tert-OH is 6. The number of carbonyl (C=O) groups excluding carboxylic acids is 4. The molecule has 0 radical (unpaired) electrons. The van der Waals surface area contributed by atoms with Crippen LogP contribution in [0.1, 0.15) is 32.6 Å². The normalized spacial score (nSPS) is 30.0. The molecule has 2 heterocycles. The Morgan fingerprint density at radius 2 is 1.16 bits per heavy atom. The third kappa shape index (κ3) is 14.5. The van der Waals surface area contributed by atoms with E-state index in [2.05, 4.69) is 27.8 Å². The molecule has 49 heavy (non-hydrogen) atoms. The highest BCUT2D eigenvalue weighted by Gasteiger charge is 2.43. The van der Waals surface area contributed by atoms with Crippen LogP contribution >= 0.6 is 0 Å². The molecular formula is C30H53N5O14. The third-order valence-corrected chi connectivity index (χ3v) is 7.84. The lowest BCUT2D eigenvalue weighted by Gasteiger charge is -2.39. The monoisotopic (exact) mass is 707 g/mol. The van der Waals surface area contributed by atoms with Gasteiger partial charge in [-0.2, -0.15) is 0 Å². The zero-order valence-corrected chi connectivity index (χ0v) is 27.9. The fraction of sp³-hybridized carbons (Fsp3) is 0.800. The average molecular weight is 708 g/mol. The summed E-state index contributed by atoms with van der Waals surface area (Å²) in [6.07, 6.45) is -9.37. The van der Waals surface area contributed by atoms with Crippen molar-refractivity contribution >= 4 is 23.6 Å². The van der Waals surface area contributed by atoms with Crippen molar-refractivity contribution < 1.29 is 68.8 Å². The number of unbranched alkanes of at least 4 members (excludes halogenated alkanes) is 2. The van der Waals surface area contributed by atoms with Gasteiger partial charge in [-0.3, -0.25) is 24.1 Å². The highest BCUT2D eigenvalue weighted by Crippen LogP contribution is 2.23. The van der Waals surface area contributed by atoms with Crippen LogP contribution in [-0.2, 0) is 38.1 Å². The number of rotatable bonds is 21. The number of nitrogens with zero attached hydrogens (tertiary/aromatic N) is 1. The van der Waals surface area contributed by atoms with E-state index < -0.39 is 79.1 Å². The standard InChI is InChI=1S/C30H53N5O14/c1-4-18-24(41)26(43)28(45)30(49-18)47-13-11-34-22(39)16-35(14-20(37)32-9-7-5-6-8-19(36)31-3)15-21(38)33-10-12-46-29-27(44)25(42)23(40)17(2)48-29/h4,17-18,23-30,40-45H,1,5-16H2,2-3H3,(H,31,36)(H,32,37)(H,33,38)(H,34,39)/t17-,18-,23+,24+,25+,26+,27-,28-,29+,30+/m0/s1. The lowest BCUT2D eigenvalue weighted by molar-refractivity contribution is -0.292. The number of carbonyl (C=O) groups is 4. The van der Waals surface area contributed by atoms with Crippen molar-refractivity contribution in [3.05, 3.63) is 12.7 Å². The van der Waals surface area contributed by atoms with Crippen LogP contribution in [0.2, 0.25) is 0 Å². The molecule has 2 aliphatic heterocycles. The summed E-state index contributed by atoms with van der Waals surface area (Å²) >= 11 is 0. The van der Waals surface area contributed by atoms with Gasteiger partial charge in [-0.1, -0.05) is 12.5 Å². The molecular weight excluding hydrogens is 654 g/mol. The first-order valence-corrected chi connectivity index (χ1v) is 16.3. The maximum atomic E-state index is 12.7. The van der Waals surface area contributed by atoms with Crippen molar-refractivity contribution in [3.8, 4) is 0 Å². The van der Waals surface area contributed by atoms with E-state index in [0.29, 0.717) is 32.2 Å². The number of amides is 4. The van der Waals surface area contributed by atoms with E-state index in [1.165, 1.54) is 17.9 Å². The second kappa shape index (κ2) is 22.1. The molecule has 2 saturated heterocycles. The molecule has 0 aromatic heterocycles. The maximum Gasteiger partial charge on any atom is 0.234 e. The van der Waals surface area contributed by atoms with Crippen molar-refractivity contribution in [3.63, 3.8) is 0 Å². The molecule has 0 spiro atoms. The van der Waals surface area contributed by atoms with Gasteiger partial charge in [-0.15, -0.1) is 6.58 Å². The summed E-state index contributed by atoms with van der Waals surface area (Å²) in [6, 6.07) is 0. The Kier molecular flexibility index (Phi) is 19.1. The second-order valence-corrected chi connectivity index (χ2v) is 11.8. The van der Waals surface area contributed by atoms with Crippen LogP contribution in [0, 0.1) is 0 Å². The Labute approximate surface area is 284 Å². The van der Waals surface area contributed by atoms with Gasteiger partial charge < -0.3 is 70.9 Å². The topological polar surface area (TPSA) is 278 Å². The zero-order chi connectivity index (χ0) is 36.5. The van der Waals surface area contributed by atoms with Gasteiger partial charge in [0.1, 0.15) is 42.7 Å². The van der Waals surface area contributed by atoms with E-state index in [0.717, 1.165) is 0 Å². The molecule has 2 rings (SSSR count). The first-order chi connectivity index (χ1) is 23.3. The number of ether oxygens (including phenoxy) is 4. The molecule has 19 nitrogen and oxygen atoms in total. The van der Waals surface area contributed by atoms with Crippen LogP contribution in [0.15, 0.2) is 12.7 Å². The molecule has 0 unspecified atom stereocenters. The van der Waals surface area contributed by atoms with Gasteiger partial charge in [-0.25, -0.2) is 0 Å². The lowest BCUT2D eigenvalue weighted by atomic mass is 9.99. The summed E-state index contributed by atoms with van der Waals surface area (Å²) < 4.78 is 21.5. The summed E-state index contributed by atoms with van der Waals surface area (Å²) in [5, 5.41) is 70.2. The lowest BCUT2D eigenvalue weighted by Crippen LogP contribution is -2.57. The van der Waals surface area contributed by atoms with Crippen LogP contribution < -0.4 is 21.3 Å². The van der Waals surface area contributed by atoms with Gasteiger partial charge in [0.05, 0.1) is 39.0 Å². The maximum absolute atomic E-state index is 12.7. The average Bonchev–Trinajstić information content (AvgIpc) is 3.07. The molecule has 2 fully saturated rings. The molecule has 2 aliphatic rings. The predicted octanol–water partition coefficient (Wildman–Crippen LogP) is -5.20. The fourth-order valence-electron chi connectivity index (χ4n) is 4.97.